The molecule has 0 bridgehead atoms. The van der Waals surface area contributed by atoms with Crippen LogP contribution in [0.1, 0.15) is 12.5 Å². The third kappa shape index (κ3) is 5.74. The van der Waals surface area contributed by atoms with Crippen molar-refractivity contribution < 1.29 is 33.3 Å². The van der Waals surface area contributed by atoms with E-state index in [0.717, 1.165) is 0 Å². The fourth-order valence-electron chi connectivity index (χ4n) is 1.59. The standard InChI is InChI=1S/C13H15F2NO5/c1-7(17)11(12(19)20)16-10(18)6-8-2-4-9(5-3-8)21-13(14)15/h2-5,7,11,13,17H,6H2,1H3,(H,16,18)(H,19,20)/t7-,11+/m1/s1. The highest BCUT2D eigenvalue weighted by Gasteiger charge is 2.24. The number of hydrogen-bond donors (Lipinski definition) is 3. The van der Waals surface area contributed by atoms with Gasteiger partial charge in [-0.05, 0) is 24.6 Å². The first-order valence-corrected chi connectivity index (χ1v) is 6.03. The van der Waals surface area contributed by atoms with Gasteiger partial charge in [-0.15, -0.1) is 0 Å². The highest BCUT2D eigenvalue weighted by molar-refractivity contribution is 5.85. The van der Waals surface area contributed by atoms with Gasteiger partial charge in [-0.2, -0.15) is 8.78 Å². The molecule has 0 saturated carbocycles. The summed E-state index contributed by atoms with van der Waals surface area (Å²) in [5, 5.41) is 20.2. The zero-order valence-corrected chi connectivity index (χ0v) is 11.1. The molecule has 2 atom stereocenters. The second kappa shape index (κ2) is 7.53. The van der Waals surface area contributed by atoms with Crippen molar-refractivity contribution in [3.8, 4) is 5.75 Å². The first-order chi connectivity index (χ1) is 9.79. The van der Waals surface area contributed by atoms with E-state index in [1.165, 1.54) is 31.2 Å². The molecule has 1 aromatic rings. The van der Waals surface area contributed by atoms with Crippen molar-refractivity contribution >= 4 is 11.9 Å². The number of carboxylic acids is 1. The number of ether oxygens (including phenoxy) is 1. The maximum absolute atomic E-state index is 12.0. The third-order valence-electron chi connectivity index (χ3n) is 2.58. The lowest BCUT2D eigenvalue weighted by molar-refractivity contribution is -0.144. The quantitative estimate of drug-likeness (QED) is 0.692. The van der Waals surface area contributed by atoms with Crippen molar-refractivity contribution in [3.63, 3.8) is 0 Å². The fourth-order valence-corrected chi connectivity index (χ4v) is 1.59. The summed E-state index contributed by atoms with van der Waals surface area (Å²) >= 11 is 0. The van der Waals surface area contributed by atoms with Crippen molar-refractivity contribution in [1.29, 1.82) is 0 Å². The van der Waals surface area contributed by atoms with Crippen LogP contribution in [0.4, 0.5) is 8.78 Å². The summed E-state index contributed by atoms with van der Waals surface area (Å²) in [6.45, 7) is -1.68. The lowest BCUT2D eigenvalue weighted by Gasteiger charge is -2.17. The number of benzene rings is 1. The monoisotopic (exact) mass is 303 g/mol. The molecular weight excluding hydrogens is 288 g/mol. The summed E-state index contributed by atoms with van der Waals surface area (Å²) in [5.74, 6) is -1.99. The number of carboxylic acid groups (broad SMARTS) is 1. The number of hydrogen-bond acceptors (Lipinski definition) is 4. The second-order valence-electron chi connectivity index (χ2n) is 4.32. The molecule has 1 aromatic carbocycles. The van der Waals surface area contributed by atoms with Crippen LogP contribution in [0.15, 0.2) is 24.3 Å². The van der Waals surface area contributed by atoms with Crippen molar-refractivity contribution in [3.05, 3.63) is 29.8 Å². The topological polar surface area (TPSA) is 95.9 Å². The number of halogens is 2. The Hall–Kier alpha value is -2.22. The van der Waals surface area contributed by atoms with Gasteiger partial charge in [0.25, 0.3) is 0 Å². The number of nitrogens with one attached hydrogen (secondary N) is 1. The first kappa shape index (κ1) is 16.8. The highest BCUT2D eigenvalue weighted by atomic mass is 19.3. The zero-order chi connectivity index (χ0) is 16.0. The lowest BCUT2D eigenvalue weighted by Crippen LogP contribution is -2.48. The smallest absolute Gasteiger partial charge is 0.387 e. The number of alkyl halides is 2. The Bertz CT molecular complexity index is 490. The van der Waals surface area contributed by atoms with Crippen LogP contribution in [0.25, 0.3) is 0 Å². The first-order valence-electron chi connectivity index (χ1n) is 6.03. The molecular formula is C13H15F2NO5. The average Bonchev–Trinajstić information content (AvgIpc) is 2.37. The van der Waals surface area contributed by atoms with Crippen molar-refractivity contribution in [2.24, 2.45) is 0 Å². The number of aliphatic carboxylic acids is 1. The molecule has 0 aliphatic rings. The van der Waals surface area contributed by atoms with Gasteiger partial charge in [0, 0.05) is 0 Å². The molecule has 0 radical (unpaired) electrons. The number of rotatable bonds is 7. The number of amides is 1. The second-order valence-corrected chi connectivity index (χ2v) is 4.32. The molecule has 0 aliphatic carbocycles. The molecule has 0 heterocycles. The number of carbonyl (C=O) groups is 2. The molecule has 0 aliphatic heterocycles. The average molecular weight is 303 g/mol. The fraction of sp³-hybridized carbons (Fsp3) is 0.385. The Labute approximate surface area is 119 Å². The molecule has 6 nitrogen and oxygen atoms in total. The van der Waals surface area contributed by atoms with Crippen LogP contribution in [0.3, 0.4) is 0 Å². The minimum atomic E-state index is -2.93. The molecule has 0 unspecified atom stereocenters. The number of aliphatic hydroxyl groups is 1. The van der Waals surface area contributed by atoms with Crippen LogP contribution < -0.4 is 10.1 Å². The molecule has 0 aromatic heterocycles. The summed E-state index contributed by atoms with van der Waals surface area (Å²) in [6, 6.07) is 3.97. The molecule has 116 valence electrons. The molecule has 8 heteroatoms. The maximum atomic E-state index is 12.0. The van der Waals surface area contributed by atoms with E-state index in [-0.39, 0.29) is 12.2 Å². The van der Waals surface area contributed by atoms with Gasteiger partial charge < -0.3 is 20.3 Å². The van der Waals surface area contributed by atoms with E-state index in [1.807, 2.05) is 0 Å². The largest absolute Gasteiger partial charge is 0.480 e. The van der Waals surface area contributed by atoms with Gasteiger partial charge in [-0.25, -0.2) is 4.79 Å². The Balaban J connectivity index is 2.60. The van der Waals surface area contributed by atoms with Gasteiger partial charge in [0.05, 0.1) is 12.5 Å². The molecule has 21 heavy (non-hydrogen) atoms. The molecule has 0 fully saturated rings. The molecule has 1 rings (SSSR count). The Morgan fingerprint density at radius 1 is 1.29 bits per heavy atom. The Morgan fingerprint density at radius 3 is 2.29 bits per heavy atom. The summed E-state index contributed by atoms with van der Waals surface area (Å²) in [7, 11) is 0. The van der Waals surface area contributed by atoms with Crippen LogP contribution in [0.2, 0.25) is 0 Å². The van der Waals surface area contributed by atoms with Crippen LogP contribution in [-0.4, -0.2) is 40.8 Å². The van der Waals surface area contributed by atoms with E-state index in [0.29, 0.717) is 5.56 Å². The summed E-state index contributed by atoms with van der Waals surface area (Å²) in [6.07, 6.45) is -1.39. The van der Waals surface area contributed by atoms with Crippen LogP contribution in [-0.2, 0) is 16.0 Å². The van der Waals surface area contributed by atoms with Gasteiger partial charge in [0.1, 0.15) is 5.75 Å². The summed E-state index contributed by atoms with van der Waals surface area (Å²) < 4.78 is 28.1. The Kier molecular flexibility index (Phi) is 6.04. The van der Waals surface area contributed by atoms with Gasteiger partial charge in [0.15, 0.2) is 6.04 Å². The SMILES string of the molecule is C[C@@H](O)[C@H](NC(=O)Cc1ccc(OC(F)F)cc1)C(=O)O. The van der Waals surface area contributed by atoms with Crippen molar-refractivity contribution in [2.75, 3.05) is 0 Å². The van der Waals surface area contributed by atoms with E-state index in [1.54, 1.807) is 0 Å². The molecule has 0 spiro atoms. The third-order valence-corrected chi connectivity index (χ3v) is 2.58. The number of carbonyl (C=O) groups excluding carboxylic acids is 1. The summed E-state index contributed by atoms with van der Waals surface area (Å²) in [4.78, 5) is 22.5. The Morgan fingerprint density at radius 2 is 1.86 bits per heavy atom. The summed E-state index contributed by atoms with van der Waals surface area (Å²) in [5.41, 5.74) is 0.490. The highest BCUT2D eigenvalue weighted by Crippen LogP contribution is 2.15. The van der Waals surface area contributed by atoms with Crippen LogP contribution in [0, 0.1) is 0 Å². The van der Waals surface area contributed by atoms with Crippen molar-refractivity contribution in [2.45, 2.75) is 32.1 Å². The van der Waals surface area contributed by atoms with Gasteiger partial charge in [-0.1, -0.05) is 12.1 Å². The predicted octanol–water partition coefficient (Wildman–Crippen LogP) is 0.781. The molecule has 0 saturated heterocycles. The van der Waals surface area contributed by atoms with E-state index in [2.05, 4.69) is 10.1 Å². The number of aliphatic hydroxyl groups excluding tert-OH is 1. The van der Waals surface area contributed by atoms with E-state index in [4.69, 9.17) is 5.11 Å². The van der Waals surface area contributed by atoms with Crippen LogP contribution in [0.5, 0.6) is 5.75 Å². The normalized spacial score (nSPS) is 13.6. The zero-order valence-electron chi connectivity index (χ0n) is 11.1. The van der Waals surface area contributed by atoms with Crippen molar-refractivity contribution in [1.82, 2.24) is 5.32 Å². The maximum Gasteiger partial charge on any atom is 0.387 e. The van der Waals surface area contributed by atoms with Gasteiger partial charge in [0.2, 0.25) is 5.91 Å². The molecule has 1 amide bonds. The minimum Gasteiger partial charge on any atom is -0.480 e. The van der Waals surface area contributed by atoms with Crippen LogP contribution >= 0.6 is 0 Å². The predicted molar refractivity (Wildman–Crippen MR) is 68.0 cm³/mol. The van der Waals surface area contributed by atoms with Gasteiger partial charge >= 0.3 is 12.6 Å². The van der Waals surface area contributed by atoms with Gasteiger partial charge in [-0.3, -0.25) is 4.79 Å². The molecule has 3 N–H and O–H groups in total. The van der Waals surface area contributed by atoms with E-state index >= 15 is 0 Å². The van der Waals surface area contributed by atoms with E-state index < -0.39 is 30.6 Å². The lowest BCUT2D eigenvalue weighted by atomic mass is 10.1. The van der Waals surface area contributed by atoms with E-state index in [9.17, 15) is 23.5 Å². The minimum absolute atomic E-state index is 0.0402.